The van der Waals surface area contributed by atoms with Crippen molar-refractivity contribution >= 4 is 24.4 Å². The number of aryl methyl sites for hydroxylation is 1. The normalized spacial score (nSPS) is 10.7. The number of anilines is 1. The maximum Gasteiger partial charge on any atom is 0.438 e. The Bertz CT molecular complexity index is 770. The van der Waals surface area contributed by atoms with E-state index >= 15 is 0 Å². The third-order valence-electron chi connectivity index (χ3n) is 3.56. The first-order valence-corrected chi connectivity index (χ1v) is 7.69. The molecule has 0 saturated heterocycles. The third kappa shape index (κ3) is 4.40. The van der Waals surface area contributed by atoms with Gasteiger partial charge in [-0.1, -0.05) is 12.1 Å². The van der Waals surface area contributed by atoms with Crippen molar-refractivity contribution in [1.82, 2.24) is 0 Å². The predicted molar refractivity (Wildman–Crippen MR) is 90.8 cm³/mol. The van der Waals surface area contributed by atoms with Crippen LogP contribution in [0, 0.1) is 6.92 Å². The van der Waals surface area contributed by atoms with Crippen LogP contribution in [0.5, 0.6) is 5.75 Å². The van der Waals surface area contributed by atoms with Crippen molar-refractivity contribution in [2.24, 2.45) is 0 Å². The summed E-state index contributed by atoms with van der Waals surface area (Å²) in [6.07, 6.45) is -3.69. The summed E-state index contributed by atoms with van der Waals surface area (Å²) < 4.78 is 36.3. The van der Waals surface area contributed by atoms with E-state index < -0.39 is 12.5 Å². The zero-order valence-corrected chi connectivity index (χ0v) is 14.5. The van der Waals surface area contributed by atoms with E-state index in [1.807, 2.05) is 0 Å². The van der Waals surface area contributed by atoms with Crippen LogP contribution in [-0.4, -0.2) is 18.4 Å². The quantitative estimate of drug-likeness (QED) is 0.453. The largest absolute Gasteiger partial charge is 0.488 e. The van der Waals surface area contributed by atoms with Crippen LogP contribution in [0.2, 0.25) is 0 Å². The molecule has 0 aromatic heterocycles. The first-order chi connectivity index (χ1) is 11.8. The minimum absolute atomic E-state index is 0.00422. The van der Waals surface area contributed by atoms with Crippen molar-refractivity contribution in [2.45, 2.75) is 24.9 Å². The maximum atomic E-state index is 13.1. The Balaban J connectivity index is 2.31. The predicted octanol–water partition coefficient (Wildman–Crippen LogP) is 4.76. The molecule has 0 bridgehead atoms. The minimum Gasteiger partial charge on any atom is -0.488 e. The fourth-order valence-corrected chi connectivity index (χ4v) is 2.46. The van der Waals surface area contributed by atoms with Crippen LogP contribution in [0.1, 0.15) is 23.1 Å². The number of carbonyl (C=O) groups excluding carboxylic acids is 1. The summed E-state index contributed by atoms with van der Waals surface area (Å²) in [4.78, 5) is 11.9. The lowest BCUT2D eigenvalue weighted by molar-refractivity contribution is 0.140. The molecule has 0 fully saturated rings. The summed E-state index contributed by atoms with van der Waals surface area (Å²) in [5.41, 5.74) is 1.04. The zero-order valence-electron chi connectivity index (χ0n) is 13.6. The molecule has 2 aromatic rings. The van der Waals surface area contributed by atoms with Crippen molar-refractivity contribution in [3.05, 3.63) is 53.1 Å². The van der Waals surface area contributed by atoms with Crippen molar-refractivity contribution in [3.63, 3.8) is 0 Å². The average Bonchev–Trinajstić information content (AvgIpc) is 2.59. The molecule has 25 heavy (non-hydrogen) atoms. The van der Waals surface area contributed by atoms with Crippen LogP contribution in [0.3, 0.4) is 0 Å². The number of alkyl halides is 2. The van der Waals surface area contributed by atoms with Crippen LogP contribution in [0.4, 0.5) is 19.3 Å². The lowest BCUT2D eigenvalue weighted by Gasteiger charge is -2.20. The fourth-order valence-electron chi connectivity index (χ4n) is 2.25. The number of hydrogen-bond acceptors (Lipinski definition) is 5. The Morgan fingerprint density at radius 2 is 2.04 bits per heavy atom. The number of methoxy groups -OCH3 is 1. The number of hydrogen-bond donors (Lipinski definition) is 2. The summed E-state index contributed by atoms with van der Waals surface area (Å²) in [5.74, 6) is 0.00422. The van der Waals surface area contributed by atoms with Gasteiger partial charge in [0.15, 0.2) is 0 Å². The summed E-state index contributed by atoms with van der Waals surface area (Å²) >= 11 is 4.05. The topological polar surface area (TPSA) is 59.0 Å². The molecule has 1 amide bonds. The first-order valence-electron chi connectivity index (χ1n) is 7.24. The first kappa shape index (κ1) is 19.0. The van der Waals surface area contributed by atoms with Gasteiger partial charge in [-0.3, -0.25) is 5.21 Å². The standard InChI is InChI=1S/C17H17F2NO4S/c1-10-4-3-5-14(20(22)17(21)23-2)13(10)9-24-15-7-6-11(25)8-12(15)16(18)19/h3-8,16,22,25H,9H2,1-2H3. The van der Waals surface area contributed by atoms with Crippen LogP contribution in [-0.2, 0) is 11.3 Å². The summed E-state index contributed by atoms with van der Waals surface area (Å²) in [7, 11) is 1.13. The number of carbonyl (C=O) groups is 1. The molecule has 0 spiro atoms. The summed E-state index contributed by atoms with van der Waals surface area (Å²) in [5, 5.41) is 10.3. The molecule has 0 aliphatic carbocycles. The van der Waals surface area contributed by atoms with Crippen LogP contribution in [0.15, 0.2) is 41.3 Å². The Morgan fingerprint density at radius 1 is 1.32 bits per heavy atom. The van der Waals surface area contributed by atoms with Gasteiger partial charge in [-0.25, -0.2) is 13.6 Å². The number of benzene rings is 2. The van der Waals surface area contributed by atoms with E-state index in [4.69, 9.17) is 4.74 Å². The number of amides is 1. The van der Waals surface area contributed by atoms with Crippen LogP contribution >= 0.6 is 12.6 Å². The molecule has 0 unspecified atom stereocenters. The molecule has 0 aliphatic rings. The number of thiol groups is 1. The Kier molecular flexibility index (Phi) is 6.22. The summed E-state index contributed by atoms with van der Waals surface area (Å²) in [6.45, 7) is 1.62. The molecule has 0 saturated carbocycles. The highest BCUT2D eigenvalue weighted by molar-refractivity contribution is 7.80. The molecule has 0 heterocycles. The van der Waals surface area contributed by atoms with Gasteiger partial charge in [0.1, 0.15) is 12.4 Å². The molecule has 8 heteroatoms. The highest BCUT2D eigenvalue weighted by atomic mass is 32.1. The van der Waals surface area contributed by atoms with Gasteiger partial charge < -0.3 is 9.47 Å². The van der Waals surface area contributed by atoms with E-state index in [1.54, 1.807) is 19.1 Å². The highest BCUT2D eigenvalue weighted by Crippen LogP contribution is 2.32. The lowest BCUT2D eigenvalue weighted by atomic mass is 10.1. The third-order valence-corrected chi connectivity index (χ3v) is 3.84. The van der Waals surface area contributed by atoms with Gasteiger partial charge in [-0.05, 0) is 36.8 Å². The van der Waals surface area contributed by atoms with E-state index in [-0.39, 0.29) is 23.6 Å². The van der Waals surface area contributed by atoms with Gasteiger partial charge in [-0.15, -0.1) is 12.6 Å². The number of halogens is 2. The molecule has 2 aromatic carbocycles. The van der Waals surface area contributed by atoms with Gasteiger partial charge in [-0.2, -0.15) is 5.06 Å². The smallest absolute Gasteiger partial charge is 0.438 e. The second-order valence-electron chi connectivity index (χ2n) is 5.17. The molecule has 134 valence electrons. The SMILES string of the molecule is COC(=O)N(O)c1cccc(C)c1COc1ccc(S)cc1C(F)F. The van der Waals surface area contributed by atoms with Gasteiger partial charge in [0.2, 0.25) is 0 Å². The fraction of sp³-hybridized carbons (Fsp3) is 0.235. The van der Waals surface area contributed by atoms with E-state index in [0.29, 0.717) is 21.1 Å². The van der Waals surface area contributed by atoms with Gasteiger partial charge in [0.05, 0.1) is 18.4 Å². The summed E-state index contributed by atoms with van der Waals surface area (Å²) in [6, 6.07) is 9.05. The second-order valence-corrected chi connectivity index (χ2v) is 5.68. The van der Waals surface area contributed by atoms with E-state index in [0.717, 1.165) is 7.11 Å². The number of nitrogens with zero attached hydrogens (tertiary/aromatic N) is 1. The molecule has 0 radical (unpaired) electrons. The molecule has 0 atom stereocenters. The lowest BCUT2D eigenvalue weighted by Crippen LogP contribution is -2.28. The molecule has 0 aliphatic heterocycles. The molecule has 5 nitrogen and oxygen atoms in total. The van der Waals surface area contributed by atoms with Crippen molar-refractivity contribution in [2.75, 3.05) is 12.2 Å². The molecular formula is C17H17F2NO4S. The van der Waals surface area contributed by atoms with Crippen LogP contribution in [0.25, 0.3) is 0 Å². The van der Waals surface area contributed by atoms with Crippen LogP contribution < -0.4 is 9.80 Å². The van der Waals surface area contributed by atoms with Crippen molar-refractivity contribution in [1.29, 1.82) is 0 Å². The zero-order chi connectivity index (χ0) is 18.6. The number of rotatable bonds is 5. The minimum atomic E-state index is -2.72. The highest BCUT2D eigenvalue weighted by Gasteiger charge is 2.20. The monoisotopic (exact) mass is 369 g/mol. The van der Waals surface area contributed by atoms with Gasteiger partial charge in [0, 0.05) is 10.5 Å². The average molecular weight is 369 g/mol. The molecular weight excluding hydrogens is 352 g/mol. The Hall–Kier alpha value is -2.32. The number of hydroxylamine groups is 1. The van der Waals surface area contributed by atoms with E-state index in [1.165, 1.54) is 24.3 Å². The Morgan fingerprint density at radius 3 is 2.68 bits per heavy atom. The van der Waals surface area contributed by atoms with E-state index in [2.05, 4.69) is 17.4 Å². The second kappa shape index (κ2) is 8.17. The van der Waals surface area contributed by atoms with Crippen molar-refractivity contribution in [3.8, 4) is 5.75 Å². The molecule has 1 N–H and O–H groups in total. The maximum absolute atomic E-state index is 13.1. The van der Waals surface area contributed by atoms with E-state index in [9.17, 15) is 18.8 Å². The van der Waals surface area contributed by atoms with Crippen molar-refractivity contribution < 1.29 is 28.3 Å². The van der Waals surface area contributed by atoms with Gasteiger partial charge >= 0.3 is 6.09 Å². The number of ether oxygens (including phenoxy) is 2. The van der Waals surface area contributed by atoms with Gasteiger partial charge in [0.25, 0.3) is 6.43 Å². The Labute approximate surface area is 149 Å². The molecule has 2 rings (SSSR count).